The van der Waals surface area contributed by atoms with Gasteiger partial charge in [-0.1, -0.05) is 6.92 Å². The zero-order chi connectivity index (χ0) is 15.3. The van der Waals surface area contributed by atoms with E-state index in [0.29, 0.717) is 6.42 Å². The molecule has 1 atom stereocenters. The zero-order valence-corrected chi connectivity index (χ0v) is 11.9. The van der Waals surface area contributed by atoms with Gasteiger partial charge in [0.1, 0.15) is 0 Å². The minimum atomic E-state index is -4.01. The van der Waals surface area contributed by atoms with E-state index in [9.17, 15) is 13.2 Å². The van der Waals surface area contributed by atoms with Gasteiger partial charge in [-0.15, -0.1) is 0 Å². The average Bonchev–Trinajstić information content (AvgIpc) is 2.37. The van der Waals surface area contributed by atoms with Gasteiger partial charge in [0.2, 0.25) is 10.0 Å². The number of sulfonamides is 1. The number of nitrogens with two attached hydrogens (primary N) is 1. The molecule has 1 rings (SSSR count). The molecule has 8 heteroatoms. The molecule has 1 unspecified atom stereocenters. The van der Waals surface area contributed by atoms with Gasteiger partial charge in [0.25, 0.3) is 0 Å². The molecule has 0 spiro atoms. The quantitative estimate of drug-likeness (QED) is 0.540. The Hall–Kier alpha value is -1.64. The summed E-state index contributed by atoms with van der Waals surface area (Å²) in [6.07, 6.45) is 0.727. The predicted molar refractivity (Wildman–Crippen MR) is 73.9 cm³/mol. The fraction of sp³-hybridized carbons (Fsp3) is 0.417. The molecule has 7 nitrogen and oxygen atoms in total. The van der Waals surface area contributed by atoms with E-state index in [1.807, 2.05) is 0 Å². The van der Waals surface area contributed by atoms with Gasteiger partial charge >= 0.3 is 5.97 Å². The molecule has 0 saturated carbocycles. The van der Waals surface area contributed by atoms with Crippen LogP contribution in [-0.2, 0) is 10.0 Å². The highest BCUT2D eigenvalue weighted by Crippen LogP contribution is 2.20. The van der Waals surface area contributed by atoms with Gasteiger partial charge in [-0.25, -0.2) is 17.9 Å². The Morgan fingerprint density at radius 2 is 2.10 bits per heavy atom. The van der Waals surface area contributed by atoms with Crippen molar-refractivity contribution in [2.75, 3.05) is 12.3 Å². The molecule has 1 aromatic carbocycles. The zero-order valence-electron chi connectivity index (χ0n) is 11.0. The van der Waals surface area contributed by atoms with Crippen molar-refractivity contribution < 1.29 is 23.4 Å². The van der Waals surface area contributed by atoms with E-state index in [2.05, 4.69) is 4.72 Å². The van der Waals surface area contributed by atoms with Crippen molar-refractivity contribution in [3.63, 3.8) is 0 Å². The van der Waals surface area contributed by atoms with Crippen LogP contribution in [0.15, 0.2) is 23.1 Å². The van der Waals surface area contributed by atoms with Crippen molar-refractivity contribution in [1.82, 2.24) is 4.72 Å². The number of benzene rings is 1. The van der Waals surface area contributed by atoms with Crippen molar-refractivity contribution in [3.05, 3.63) is 23.8 Å². The summed E-state index contributed by atoms with van der Waals surface area (Å²) in [6.45, 7) is 1.60. The lowest BCUT2D eigenvalue weighted by Gasteiger charge is -2.17. The number of rotatable bonds is 7. The standard InChI is InChI=1S/C12H18N2O5S/c1-2-9(5-6-15)14-20(18,19)11-7-8(13)3-4-10(11)12(16)17/h3-4,7,9,14-15H,2,5-6,13H2,1H3,(H,16,17). The van der Waals surface area contributed by atoms with Crippen LogP contribution in [0.4, 0.5) is 5.69 Å². The maximum Gasteiger partial charge on any atom is 0.337 e. The summed E-state index contributed by atoms with van der Waals surface area (Å²) < 4.78 is 26.9. The van der Waals surface area contributed by atoms with Crippen LogP contribution in [-0.4, -0.2) is 37.2 Å². The molecule has 0 aliphatic carbocycles. The highest BCUT2D eigenvalue weighted by molar-refractivity contribution is 7.89. The number of hydrogen-bond donors (Lipinski definition) is 4. The predicted octanol–water partition coefficient (Wildman–Crippen LogP) is 0.406. The van der Waals surface area contributed by atoms with Crippen LogP contribution in [0, 0.1) is 0 Å². The lowest BCUT2D eigenvalue weighted by atomic mass is 10.2. The van der Waals surface area contributed by atoms with Crippen molar-refractivity contribution in [1.29, 1.82) is 0 Å². The number of hydrogen-bond acceptors (Lipinski definition) is 5. The lowest BCUT2D eigenvalue weighted by molar-refractivity contribution is 0.0692. The summed E-state index contributed by atoms with van der Waals surface area (Å²) in [6, 6.07) is 3.12. The number of nitrogens with one attached hydrogen (secondary N) is 1. The maximum atomic E-state index is 12.2. The third kappa shape index (κ3) is 3.92. The van der Waals surface area contributed by atoms with Crippen molar-refractivity contribution in [3.8, 4) is 0 Å². The molecule has 5 N–H and O–H groups in total. The molecule has 0 aliphatic rings. The number of nitrogen functional groups attached to an aromatic ring is 1. The molecule has 0 fully saturated rings. The van der Waals surface area contributed by atoms with Crippen molar-refractivity contribution >= 4 is 21.7 Å². The third-order valence-electron chi connectivity index (χ3n) is 2.82. The number of carbonyl (C=O) groups is 1. The molecule has 0 aromatic heterocycles. The molecule has 0 saturated heterocycles. The van der Waals surface area contributed by atoms with Crippen LogP contribution >= 0.6 is 0 Å². The van der Waals surface area contributed by atoms with Crippen LogP contribution in [0.25, 0.3) is 0 Å². The SMILES string of the molecule is CCC(CCO)NS(=O)(=O)c1cc(N)ccc1C(=O)O. The summed E-state index contributed by atoms with van der Waals surface area (Å²) in [5, 5.41) is 17.9. The van der Waals surface area contributed by atoms with Gasteiger partial charge in [0.15, 0.2) is 0 Å². The monoisotopic (exact) mass is 302 g/mol. The topological polar surface area (TPSA) is 130 Å². The Morgan fingerprint density at radius 1 is 1.45 bits per heavy atom. The van der Waals surface area contributed by atoms with Crippen molar-refractivity contribution in [2.45, 2.75) is 30.7 Å². The van der Waals surface area contributed by atoms with Gasteiger partial charge in [0.05, 0.1) is 10.5 Å². The van der Waals surface area contributed by atoms with E-state index < -0.39 is 22.0 Å². The molecular weight excluding hydrogens is 284 g/mol. The summed E-state index contributed by atoms with van der Waals surface area (Å²) in [5.41, 5.74) is 5.34. The minimum absolute atomic E-state index is 0.158. The maximum absolute atomic E-state index is 12.2. The molecule has 1 aromatic rings. The average molecular weight is 302 g/mol. The fourth-order valence-electron chi connectivity index (χ4n) is 1.72. The molecule has 0 amide bonds. The highest BCUT2D eigenvalue weighted by Gasteiger charge is 2.24. The molecule has 112 valence electrons. The van der Waals surface area contributed by atoms with Crippen LogP contribution in [0.2, 0.25) is 0 Å². The Morgan fingerprint density at radius 3 is 2.60 bits per heavy atom. The van der Waals surface area contributed by atoms with E-state index in [-0.39, 0.29) is 29.2 Å². The molecule has 0 bridgehead atoms. The van der Waals surface area contributed by atoms with Crippen LogP contribution in [0.3, 0.4) is 0 Å². The highest BCUT2D eigenvalue weighted by atomic mass is 32.2. The van der Waals surface area contributed by atoms with Gasteiger partial charge < -0.3 is 15.9 Å². The summed E-state index contributed by atoms with van der Waals surface area (Å²) >= 11 is 0. The van der Waals surface area contributed by atoms with Gasteiger partial charge in [-0.3, -0.25) is 0 Å². The van der Waals surface area contributed by atoms with E-state index in [1.165, 1.54) is 6.07 Å². The largest absolute Gasteiger partial charge is 0.478 e. The van der Waals surface area contributed by atoms with Gasteiger partial charge in [-0.2, -0.15) is 0 Å². The van der Waals surface area contributed by atoms with E-state index in [1.54, 1.807) is 6.92 Å². The van der Waals surface area contributed by atoms with E-state index >= 15 is 0 Å². The second kappa shape index (κ2) is 6.69. The number of aromatic carboxylic acids is 1. The van der Waals surface area contributed by atoms with Gasteiger partial charge in [0, 0.05) is 18.3 Å². The van der Waals surface area contributed by atoms with Crippen LogP contribution < -0.4 is 10.5 Å². The molecule has 0 radical (unpaired) electrons. The smallest absolute Gasteiger partial charge is 0.337 e. The second-order valence-corrected chi connectivity index (χ2v) is 5.98. The second-order valence-electron chi connectivity index (χ2n) is 4.30. The molecule has 20 heavy (non-hydrogen) atoms. The Kier molecular flexibility index (Phi) is 5.49. The van der Waals surface area contributed by atoms with Gasteiger partial charge in [-0.05, 0) is 31.0 Å². The Bertz CT molecular complexity index is 586. The van der Waals surface area contributed by atoms with Crippen LogP contribution in [0.5, 0.6) is 0 Å². The minimum Gasteiger partial charge on any atom is -0.478 e. The van der Waals surface area contributed by atoms with Crippen molar-refractivity contribution in [2.24, 2.45) is 0 Å². The summed E-state index contributed by atoms with van der Waals surface area (Å²) in [7, 11) is -4.01. The van der Waals surface area contributed by atoms with E-state index in [4.69, 9.17) is 15.9 Å². The van der Waals surface area contributed by atoms with Crippen LogP contribution in [0.1, 0.15) is 30.1 Å². The first-order valence-corrected chi connectivity index (χ1v) is 7.56. The number of anilines is 1. The third-order valence-corrected chi connectivity index (χ3v) is 4.38. The number of carboxylic acids is 1. The first-order valence-electron chi connectivity index (χ1n) is 6.07. The normalized spacial score (nSPS) is 13.1. The summed E-state index contributed by atoms with van der Waals surface area (Å²) in [5.74, 6) is -1.35. The Labute approximate surface area is 117 Å². The first-order chi connectivity index (χ1) is 9.31. The first kappa shape index (κ1) is 16.4. The Balaban J connectivity index is 3.21. The molecular formula is C12H18N2O5S. The molecule has 0 aliphatic heterocycles. The number of aliphatic hydroxyl groups excluding tert-OH is 1. The fourth-order valence-corrected chi connectivity index (χ4v) is 3.31. The lowest BCUT2D eigenvalue weighted by Crippen LogP contribution is -2.35. The molecule has 0 heterocycles. The number of carboxylic acid groups (broad SMARTS) is 1. The van der Waals surface area contributed by atoms with E-state index in [0.717, 1.165) is 12.1 Å². The summed E-state index contributed by atoms with van der Waals surface area (Å²) in [4.78, 5) is 10.7. The number of aliphatic hydroxyl groups is 1.